The molecule has 0 spiro atoms. The molecule has 68 heavy (non-hydrogen) atoms. The number of hydrogen-bond donors (Lipinski definition) is 0. The summed E-state index contributed by atoms with van der Waals surface area (Å²) in [5.41, 5.74) is 15.4. The zero-order valence-electron chi connectivity index (χ0n) is 36.5. The van der Waals surface area contributed by atoms with Gasteiger partial charge in [-0.05, 0) is 109 Å². The minimum atomic E-state index is 0.427. The summed E-state index contributed by atoms with van der Waals surface area (Å²) in [6, 6.07) is 82.0. The highest BCUT2D eigenvalue weighted by Crippen LogP contribution is 2.44. The van der Waals surface area contributed by atoms with Crippen molar-refractivity contribution < 1.29 is 0 Å². The van der Waals surface area contributed by atoms with Gasteiger partial charge in [0, 0.05) is 60.0 Å². The lowest BCUT2D eigenvalue weighted by atomic mass is 9.96. The molecule has 6 heteroatoms. The van der Waals surface area contributed by atoms with Crippen molar-refractivity contribution in [3.8, 4) is 46.0 Å². The molecule has 14 aromatic rings. The summed E-state index contributed by atoms with van der Waals surface area (Å²) >= 11 is 0. The zero-order valence-corrected chi connectivity index (χ0v) is 36.5. The molecule has 4 aromatic heterocycles. The van der Waals surface area contributed by atoms with Crippen LogP contribution in [0, 0.1) is 22.7 Å². The smallest absolute Gasteiger partial charge is 0.0992 e. The number of para-hydroxylation sites is 6. The van der Waals surface area contributed by atoms with E-state index in [4.69, 9.17) is 0 Å². The van der Waals surface area contributed by atoms with Crippen LogP contribution in [0.15, 0.2) is 218 Å². The molecule has 0 aliphatic heterocycles. The second-order valence-electron chi connectivity index (χ2n) is 17.5. The number of aromatic nitrogens is 4. The van der Waals surface area contributed by atoms with E-state index in [2.05, 4.69) is 231 Å². The average molecular weight is 865 g/mol. The third-order valence-electron chi connectivity index (χ3n) is 14.0. The van der Waals surface area contributed by atoms with Crippen molar-refractivity contribution >= 4 is 87.2 Å². The Balaban J connectivity index is 1.06. The molecule has 0 atom stereocenters. The van der Waals surface area contributed by atoms with Gasteiger partial charge >= 0.3 is 0 Å². The van der Waals surface area contributed by atoms with E-state index in [9.17, 15) is 10.5 Å². The first-order valence-electron chi connectivity index (χ1n) is 22.8. The molecule has 0 N–H and O–H groups in total. The van der Waals surface area contributed by atoms with Gasteiger partial charge in [0.1, 0.15) is 0 Å². The Labute approximate surface area is 389 Å². The third-order valence-corrected chi connectivity index (χ3v) is 14.0. The second-order valence-corrected chi connectivity index (χ2v) is 17.5. The first-order valence-corrected chi connectivity index (χ1v) is 22.8. The van der Waals surface area contributed by atoms with Crippen molar-refractivity contribution in [2.24, 2.45) is 0 Å². The molecule has 0 saturated heterocycles. The van der Waals surface area contributed by atoms with Crippen molar-refractivity contribution in [1.82, 2.24) is 18.3 Å². The van der Waals surface area contributed by atoms with Crippen molar-refractivity contribution in [3.63, 3.8) is 0 Å². The first-order chi connectivity index (χ1) is 33.7. The first kappa shape index (κ1) is 37.7. The van der Waals surface area contributed by atoms with Crippen LogP contribution in [-0.4, -0.2) is 18.3 Å². The van der Waals surface area contributed by atoms with Gasteiger partial charge in [0.25, 0.3) is 0 Å². The highest BCUT2D eigenvalue weighted by atomic mass is 15.0. The molecule has 14 rings (SSSR count). The van der Waals surface area contributed by atoms with Crippen molar-refractivity contribution in [3.05, 3.63) is 230 Å². The lowest BCUT2D eigenvalue weighted by molar-refractivity contribution is 1.13. The van der Waals surface area contributed by atoms with E-state index in [0.29, 0.717) is 11.1 Å². The van der Waals surface area contributed by atoms with Crippen LogP contribution >= 0.6 is 0 Å². The topological polar surface area (TPSA) is 67.3 Å². The van der Waals surface area contributed by atoms with Crippen LogP contribution in [-0.2, 0) is 0 Å². The summed E-state index contributed by atoms with van der Waals surface area (Å²) < 4.78 is 9.46. The van der Waals surface area contributed by atoms with Gasteiger partial charge in [0.15, 0.2) is 0 Å². The Bertz CT molecular complexity index is 4150. The SMILES string of the molecule is N#Cc1cc(C#N)cc(-c2c(-n3c4ccccc4c4cc(-n5c6ccccc6c6ccccc65)ccc43)cccc2-n2c3ccccc3c3cc(-n4c5ccccc5c5ccccc54)ccc32)c1. The Kier molecular flexibility index (Phi) is 8.01. The fraction of sp³-hybridized carbons (Fsp3) is 0. The maximum absolute atomic E-state index is 10.4. The summed E-state index contributed by atoms with van der Waals surface area (Å²) in [6.45, 7) is 0. The minimum absolute atomic E-state index is 0.427. The Morgan fingerprint density at radius 2 is 0.574 bits per heavy atom. The van der Waals surface area contributed by atoms with E-state index in [1.807, 2.05) is 12.1 Å². The maximum Gasteiger partial charge on any atom is 0.0992 e. The van der Waals surface area contributed by atoms with Gasteiger partial charge in [-0.25, -0.2) is 0 Å². The lowest BCUT2D eigenvalue weighted by Gasteiger charge is -2.20. The van der Waals surface area contributed by atoms with E-state index in [-0.39, 0.29) is 0 Å². The average Bonchev–Trinajstić information content (AvgIpc) is 4.13. The highest BCUT2D eigenvalue weighted by Gasteiger charge is 2.24. The van der Waals surface area contributed by atoms with E-state index in [1.165, 1.54) is 21.5 Å². The summed E-state index contributed by atoms with van der Waals surface area (Å²) in [5, 5.41) is 30.2. The summed E-state index contributed by atoms with van der Waals surface area (Å²) in [7, 11) is 0. The molecule has 314 valence electrons. The lowest BCUT2D eigenvalue weighted by Crippen LogP contribution is -2.04. The molecule has 0 aliphatic carbocycles. The highest BCUT2D eigenvalue weighted by molar-refractivity contribution is 6.15. The van der Waals surface area contributed by atoms with Crippen molar-refractivity contribution in [2.75, 3.05) is 0 Å². The molecule has 0 fully saturated rings. The quantitative estimate of drug-likeness (QED) is 0.173. The molecular formula is C62H36N6. The molecule has 0 bridgehead atoms. The Hall–Kier alpha value is -9.62. The standard InChI is InChI=1S/C62H36N6/c63-37-39-32-40(38-64)34-41(33-39)62-60(67-56-24-11-5-18-48(56)50-35-42(28-30-58(50)67)65-52-20-7-1-14-44(52)45-15-2-8-21-53(45)65)26-13-27-61(62)68-57-25-12-6-19-49(57)51-36-43(29-31-59(51)68)66-54-22-9-3-16-46(54)47-17-4-10-23-55(47)66/h1-36H. The largest absolute Gasteiger partial charge is 0.309 e. The van der Waals surface area contributed by atoms with Gasteiger partial charge in [-0.15, -0.1) is 0 Å². The van der Waals surface area contributed by atoms with Gasteiger partial charge in [0.2, 0.25) is 0 Å². The molecule has 4 heterocycles. The molecule has 10 aromatic carbocycles. The van der Waals surface area contributed by atoms with E-state index < -0.39 is 0 Å². The van der Waals surface area contributed by atoms with Crippen molar-refractivity contribution in [1.29, 1.82) is 10.5 Å². The fourth-order valence-electron chi connectivity index (χ4n) is 11.2. The van der Waals surface area contributed by atoms with E-state index in [1.54, 1.807) is 6.07 Å². The zero-order chi connectivity index (χ0) is 45.0. The van der Waals surface area contributed by atoms with Crippen LogP contribution in [0.1, 0.15) is 11.1 Å². The van der Waals surface area contributed by atoms with E-state index in [0.717, 1.165) is 99.6 Å². The number of nitriles is 2. The molecule has 0 unspecified atom stereocenters. The van der Waals surface area contributed by atoms with Gasteiger partial charge in [-0.2, -0.15) is 10.5 Å². The van der Waals surface area contributed by atoms with E-state index >= 15 is 0 Å². The molecular weight excluding hydrogens is 829 g/mol. The monoisotopic (exact) mass is 864 g/mol. The Morgan fingerprint density at radius 1 is 0.265 bits per heavy atom. The summed E-state index contributed by atoms with van der Waals surface area (Å²) in [5.74, 6) is 0. The van der Waals surface area contributed by atoms with Crippen LogP contribution in [0.25, 0.3) is 121 Å². The molecule has 0 saturated carbocycles. The number of fused-ring (bicyclic) bond motifs is 12. The van der Waals surface area contributed by atoms with Gasteiger partial charge < -0.3 is 18.3 Å². The normalized spacial score (nSPS) is 11.8. The predicted molar refractivity (Wildman–Crippen MR) is 279 cm³/mol. The third kappa shape index (κ3) is 5.31. The number of nitrogens with zero attached hydrogens (tertiary/aromatic N) is 6. The van der Waals surface area contributed by atoms with Gasteiger partial charge in [-0.3, -0.25) is 0 Å². The van der Waals surface area contributed by atoms with Gasteiger partial charge in [0.05, 0.1) is 78.8 Å². The van der Waals surface area contributed by atoms with Crippen LogP contribution in [0.5, 0.6) is 0 Å². The number of benzene rings is 10. The summed E-state index contributed by atoms with van der Waals surface area (Å²) in [6.07, 6.45) is 0. The van der Waals surface area contributed by atoms with Crippen LogP contribution in [0.4, 0.5) is 0 Å². The number of hydrogen-bond acceptors (Lipinski definition) is 2. The van der Waals surface area contributed by atoms with Crippen molar-refractivity contribution in [2.45, 2.75) is 0 Å². The van der Waals surface area contributed by atoms with Gasteiger partial charge in [-0.1, -0.05) is 115 Å². The maximum atomic E-state index is 10.4. The van der Waals surface area contributed by atoms with Crippen LogP contribution < -0.4 is 0 Å². The minimum Gasteiger partial charge on any atom is -0.309 e. The second kappa shape index (κ2) is 14.4. The fourth-order valence-corrected chi connectivity index (χ4v) is 11.2. The van der Waals surface area contributed by atoms with Crippen LogP contribution in [0.2, 0.25) is 0 Å². The molecule has 0 radical (unpaired) electrons. The predicted octanol–water partition coefficient (Wildman–Crippen LogP) is 15.5. The Morgan fingerprint density at radius 3 is 0.926 bits per heavy atom. The summed E-state index contributed by atoms with van der Waals surface area (Å²) in [4.78, 5) is 0. The van der Waals surface area contributed by atoms with Crippen LogP contribution in [0.3, 0.4) is 0 Å². The number of rotatable bonds is 5. The molecule has 6 nitrogen and oxygen atoms in total. The molecule has 0 amide bonds. The molecule has 0 aliphatic rings.